The summed E-state index contributed by atoms with van der Waals surface area (Å²) in [5.74, 6) is 0. The van der Waals surface area contributed by atoms with Crippen LogP contribution >= 0.6 is 34.5 Å². The molecule has 0 aliphatic carbocycles. The molecule has 1 aromatic heterocycles. The summed E-state index contributed by atoms with van der Waals surface area (Å²) in [5, 5.41) is 10.8. The average molecular weight is 260 g/mol. The first kappa shape index (κ1) is 10.9. The van der Waals surface area contributed by atoms with Gasteiger partial charge in [-0.3, -0.25) is 0 Å². The number of hydrogen-bond acceptors (Lipinski definition) is 3. The Morgan fingerprint density at radius 2 is 2.13 bits per heavy atom. The lowest BCUT2D eigenvalue weighted by Gasteiger charge is -2.00. The summed E-state index contributed by atoms with van der Waals surface area (Å²) in [5.41, 5.74) is 0.887. The Kier molecular flexibility index (Phi) is 3.26. The van der Waals surface area contributed by atoms with Crippen LogP contribution in [0.3, 0.4) is 0 Å². The summed E-state index contributed by atoms with van der Waals surface area (Å²) < 4.78 is 0. The maximum atomic E-state index is 8.91. The number of nitrogens with zero attached hydrogens (tertiary/aromatic N) is 1. The van der Waals surface area contributed by atoms with Crippen molar-refractivity contribution in [2.75, 3.05) is 0 Å². The minimum atomic E-state index is -0.0458. The third kappa shape index (κ3) is 2.32. The van der Waals surface area contributed by atoms with E-state index < -0.39 is 0 Å². The molecule has 0 bridgehead atoms. The summed E-state index contributed by atoms with van der Waals surface area (Å²) >= 11 is 13.3. The third-order valence-electron chi connectivity index (χ3n) is 1.89. The van der Waals surface area contributed by atoms with Crippen LogP contribution in [0.15, 0.2) is 24.4 Å². The topological polar surface area (TPSA) is 33.1 Å². The quantitative estimate of drug-likeness (QED) is 0.894. The van der Waals surface area contributed by atoms with Crippen molar-refractivity contribution in [1.29, 1.82) is 0 Å². The molecule has 0 saturated heterocycles. The van der Waals surface area contributed by atoms with Gasteiger partial charge in [0.1, 0.15) is 5.01 Å². The molecule has 0 aliphatic rings. The van der Waals surface area contributed by atoms with Gasteiger partial charge < -0.3 is 5.11 Å². The van der Waals surface area contributed by atoms with Gasteiger partial charge in [-0.05, 0) is 12.1 Å². The van der Waals surface area contributed by atoms with Crippen LogP contribution in [0.5, 0.6) is 0 Å². The molecule has 0 aliphatic heterocycles. The van der Waals surface area contributed by atoms with Gasteiger partial charge in [-0.1, -0.05) is 29.3 Å². The fourth-order valence-electron chi connectivity index (χ4n) is 1.20. The molecular formula is C10H7Cl2NOS. The first-order valence-corrected chi connectivity index (χ1v) is 5.79. The second-order valence-electron chi connectivity index (χ2n) is 2.90. The third-order valence-corrected chi connectivity index (χ3v) is 3.45. The zero-order valence-electron chi connectivity index (χ0n) is 7.58. The molecule has 1 N–H and O–H groups in total. The summed E-state index contributed by atoms with van der Waals surface area (Å²) in [4.78, 5) is 4.98. The Morgan fingerprint density at radius 1 is 1.33 bits per heavy atom. The Bertz CT molecular complexity index is 484. The molecule has 0 fully saturated rings. The van der Waals surface area contributed by atoms with E-state index in [1.807, 2.05) is 6.07 Å². The van der Waals surface area contributed by atoms with Crippen LogP contribution < -0.4 is 0 Å². The lowest BCUT2D eigenvalue weighted by molar-refractivity contribution is 0.281. The maximum Gasteiger partial charge on any atom is 0.119 e. The first-order chi connectivity index (χ1) is 7.20. The fraction of sp³-hybridized carbons (Fsp3) is 0.100. The molecule has 0 spiro atoms. The van der Waals surface area contributed by atoms with Crippen molar-refractivity contribution in [3.05, 3.63) is 39.4 Å². The van der Waals surface area contributed by atoms with Crippen LogP contribution in [0.25, 0.3) is 10.4 Å². The SMILES string of the molecule is OCc1ncc(-c2ccc(Cl)cc2Cl)s1. The molecular weight excluding hydrogens is 253 g/mol. The Balaban J connectivity index is 2.44. The number of aliphatic hydroxyl groups is 1. The van der Waals surface area contributed by atoms with E-state index in [9.17, 15) is 0 Å². The van der Waals surface area contributed by atoms with Gasteiger partial charge in [0, 0.05) is 16.8 Å². The largest absolute Gasteiger partial charge is 0.389 e. The van der Waals surface area contributed by atoms with E-state index in [-0.39, 0.29) is 6.61 Å². The van der Waals surface area contributed by atoms with E-state index in [0.29, 0.717) is 15.1 Å². The van der Waals surface area contributed by atoms with Crippen LogP contribution in [0.2, 0.25) is 10.0 Å². The monoisotopic (exact) mass is 259 g/mol. The number of halogens is 2. The highest BCUT2D eigenvalue weighted by Crippen LogP contribution is 2.33. The Hall–Kier alpha value is -0.610. The number of aromatic nitrogens is 1. The number of aliphatic hydroxyl groups excluding tert-OH is 1. The Morgan fingerprint density at radius 3 is 2.73 bits per heavy atom. The first-order valence-electron chi connectivity index (χ1n) is 4.21. The normalized spacial score (nSPS) is 10.6. The van der Waals surface area contributed by atoms with E-state index in [1.165, 1.54) is 11.3 Å². The predicted molar refractivity (Wildman–Crippen MR) is 63.5 cm³/mol. The van der Waals surface area contributed by atoms with Gasteiger partial charge >= 0.3 is 0 Å². The molecule has 5 heteroatoms. The minimum Gasteiger partial charge on any atom is -0.389 e. The lowest BCUT2D eigenvalue weighted by Crippen LogP contribution is -1.75. The molecule has 0 amide bonds. The zero-order chi connectivity index (χ0) is 10.8. The van der Waals surface area contributed by atoms with Crippen molar-refractivity contribution >= 4 is 34.5 Å². The van der Waals surface area contributed by atoms with Crippen molar-refractivity contribution in [2.24, 2.45) is 0 Å². The standard InChI is InChI=1S/C10H7Cl2NOS/c11-6-1-2-7(8(12)3-6)9-4-13-10(5-14)15-9/h1-4,14H,5H2. The summed E-state index contributed by atoms with van der Waals surface area (Å²) in [6.45, 7) is -0.0458. The number of thiazole rings is 1. The molecule has 0 saturated carbocycles. The molecule has 2 nitrogen and oxygen atoms in total. The molecule has 0 atom stereocenters. The van der Waals surface area contributed by atoms with Crippen LogP contribution in [0, 0.1) is 0 Å². The van der Waals surface area contributed by atoms with E-state index in [4.69, 9.17) is 28.3 Å². The minimum absolute atomic E-state index is 0.0458. The van der Waals surface area contributed by atoms with Crippen LogP contribution in [0.4, 0.5) is 0 Å². The molecule has 0 radical (unpaired) electrons. The highest BCUT2D eigenvalue weighted by molar-refractivity contribution is 7.15. The summed E-state index contributed by atoms with van der Waals surface area (Å²) in [7, 11) is 0. The van der Waals surface area contributed by atoms with Crippen molar-refractivity contribution in [3.8, 4) is 10.4 Å². The number of hydrogen-bond donors (Lipinski definition) is 1. The Labute approximate surface area is 101 Å². The van der Waals surface area contributed by atoms with Crippen LogP contribution in [-0.4, -0.2) is 10.1 Å². The van der Waals surface area contributed by atoms with Gasteiger partial charge in [0.25, 0.3) is 0 Å². The summed E-state index contributed by atoms with van der Waals surface area (Å²) in [6.07, 6.45) is 1.70. The van der Waals surface area contributed by atoms with E-state index in [2.05, 4.69) is 4.98 Å². The van der Waals surface area contributed by atoms with Crippen LogP contribution in [0.1, 0.15) is 5.01 Å². The fourth-order valence-corrected chi connectivity index (χ4v) is 2.58. The van der Waals surface area contributed by atoms with Crippen molar-refractivity contribution < 1.29 is 5.11 Å². The second-order valence-corrected chi connectivity index (χ2v) is 4.86. The van der Waals surface area contributed by atoms with Gasteiger partial charge in [0.15, 0.2) is 0 Å². The second kappa shape index (κ2) is 4.49. The molecule has 0 unspecified atom stereocenters. The molecule has 1 heterocycles. The highest BCUT2D eigenvalue weighted by Gasteiger charge is 2.07. The van der Waals surface area contributed by atoms with Gasteiger partial charge in [0.05, 0.1) is 16.5 Å². The maximum absolute atomic E-state index is 8.91. The average Bonchev–Trinajstić information content (AvgIpc) is 2.66. The van der Waals surface area contributed by atoms with E-state index in [0.717, 1.165) is 10.4 Å². The number of benzene rings is 1. The van der Waals surface area contributed by atoms with Gasteiger partial charge in [-0.2, -0.15) is 0 Å². The van der Waals surface area contributed by atoms with E-state index >= 15 is 0 Å². The highest BCUT2D eigenvalue weighted by atomic mass is 35.5. The smallest absolute Gasteiger partial charge is 0.119 e. The molecule has 15 heavy (non-hydrogen) atoms. The van der Waals surface area contributed by atoms with Gasteiger partial charge in [-0.25, -0.2) is 4.98 Å². The van der Waals surface area contributed by atoms with Gasteiger partial charge in [0.2, 0.25) is 0 Å². The molecule has 2 rings (SSSR count). The summed E-state index contributed by atoms with van der Waals surface area (Å²) in [6, 6.07) is 5.32. The predicted octanol–water partition coefficient (Wildman–Crippen LogP) is 3.61. The molecule has 78 valence electrons. The number of rotatable bonds is 2. The van der Waals surface area contributed by atoms with Crippen molar-refractivity contribution in [2.45, 2.75) is 6.61 Å². The zero-order valence-corrected chi connectivity index (χ0v) is 9.90. The molecule has 1 aromatic carbocycles. The van der Waals surface area contributed by atoms with Crippen molar-refractivity contribution in [3.63, 3.8) is 0 Å². The van der Waals surface area contributed by atoms with E-state index in [1.54, 1.807) is 18.3 Å². The molecule has 2 aromatic rings. The lowest BCUT2D eigenvalue weighted by atomic mass is 10.2. The van der Waals surface area contributed by atoms with Crippen LogP contribution in [-0.2, 0) is 6.61 Å². The van der Waals surface area contributed by atoms with Gasteiger partial charge in [-0.15, -0.1) is 11.3 Å². The van der Waals surface area contributed by atoms with Crippen molar-refractivity contribution in [1.82, 2.24) is 4.98 Å².